The van der Waals surface area contributed by atoms with Crippen LogP contribution in [0.3, 0.4) is 0 Å². The van der Waals surface area contributed by atoms with Crippen LogP contribution < -0.4 is 5.32 Å². The average Bonchev–Trinajstić information content (AvgIpc) is 2.97. The van der Waals surface area contributed by atoms with Gasteiger partial charge in [0, 0.05) is 30.4 Å². The Labute approximate surface area is 99.6 Å². The minimum Gasteiger partial charge on any atom is -0.335 e. The van der Waals surface area contributed by atoms with E-state index in [0.29, 0.717) is 0 Å². The highest BCUT2D eigenvalue weighted by molar-refractivity contribution is 6.09. The van der Waals surface area contributed by atoms with E-state index in [9.17, 15) is 4.79 Å². The number of carbonyl (C=O) groups is 1. The zero-order chi connectivity index (χ0) is 11.8. The second-order valence-electron chi connectivity index (χ2n) is 4.54. The molecule has 0 spiro atoms. The third kappa shape index (κ3) is 1.65. The standard InChI is InChI=1S/C13H15N3O/c1-16-8-10(9-4-2-7-15-13(9)16)12(17)11-5-3-6-14-11/h2,4,7-8,11,14H,3,5-6H2,1H3. The molecular weight excluding hydrogens is 214 g/mol. The molecule has 4 heteroatoms. The minimum atomic E-state index is -0.0131. The first-order valence-electron chi connectivity index (χ1n) is 5.95. The van der Waals surface area contributed by atoms with Gasteiger partial charge in [0.05, 0.1) is 6.04 Å². The van der Waals surface area contributed by atoms with E-state index in [0.717, 1.165) is 36.0 Å². The number of carbonyl (C=O) groups excluding carboxylic acids is 1. The monoisotopic (exact) mass is 229 g/mol. The second kappa shape index (κ2) is 3.96. The lowest BCUT2D eigenvalue weighted by molar-refractivity contribution is 0.0954. The summed E-state index contributed by atoms with van der Waals surface area (Å²) in [5, 5.41) is 4.20. The number of aromatic nitrogens is 2. The van der Waals surface area contributed by atoms with Gasteiger partial charge >= 0.3 is 0 Å². The van der Waals surface area contributed by atoms with Crippen molar-refractivity contribution in [2.24, 2.45) is 7.05 Å². The van der Waals surface area contributed by atoms with Crippen molar-refractivity contribution in [2.45, 2.75) is 18.9 Å². The van der Waals surface area contributed by atoms with E-state index in [2.05, 4.69) is 10.3 Å². The molecule has 2 aromatic heterocycles. The molecule has 0 amide bonds. The van der Waals surface area contributed by atoms with Crippen molar-refractivity contribution in [2.75, 3.05) is 6.54 Å². The molecule has 0 radical (unpaired) electrons. The number of hydrogen-bond donors (Lipinski definition) is 1. The number of ketones is 1. The molecule has 1 aliphatic heterocycles. The molecule has 1 saturated heterocycles. The Morgan fingerprint density at radius 2 is 2.47 bits per heavy atom. The van der Waals surface area contributed by atoms with Crippen LogP contribution in [-0.2, 0) is 7.05 Å². The minimum absolute atomic E-state index is 0.0131. The predicted octanol–water partition coefficient (Wildman–Crippen LogP) is 1.51. The zero-order valence-corrected chi connectivity index (χ0v) is 9.81. The molecule has 2 aromatic rings. The van der Waals surface area contributed by atoms with Crippen LogP contribution in [0.5, 0.6) is 0 Å². The van der Waals surface area contributed by atoms with Crippen molar-refractivity contribution in [3.05, 3.63) is 30.1 Å². The first-order chi connectivity index (χ1) is 8.27. The molecule has 3 rings (SSSR count). The third-order valence-corrected chi connectivity index (χ3v) is 3.38. The number of rotatable bonds is 2. The molecular formula is C13H15N3O. The summed E-state index contributed by atoms with van der Waals surface area (Å²) in [6.07, 6.45) is 5.67. The van der Waals surface area contributed by atoms with E-state index in [4.69, 9.17) is 0 Å². The van der Waals surface area contributed by atoms with Gasteiger partial charge in [0.15, 0.2) is 5.78 Å². The molecule has 88 valence electrons. The summed E-state index contributed by atoms with van der Waals surface area (Å²) < 4.78 is 1.91. The Balaban J connectivity index is 2.08. The maximum Gasteiger partial charge on any atom is 0.181 e. The number of aryl methyl sites for hydroxylation is 1. The maximum atomic E-state index is 12.4. The van der Waals surface area contributed by atoms with Crippen molar-refractivity contribution >= 4 is 16.8 Å². The molecule has 0 aliphatic carbocycles. The number of pyridine rings is 1. The quantitative estimate of drug-likeness (QED) is 0.794. The van der Waals surface area contributed by atoms with Crippen LogP contribution in [0.15, 0.2) is 24.5 Å². The normalized spacial score (nSPS) is 19.9. The van der Waals surface area contributed by atoms with Crippen LogP contribution in [-0.4, -0.2) is 27.9 Å². The number of nitrogens with one attached hydrogen (secondary N) is 1. The van der Waals surface area contributed by atoms with Gasteiger partial charge in [-0.25, -0.2) is 4.98 Å². The third-order valence-electron chi connectivity index (χ3n) is 3.38. The van der Waals surface area contributed by atoms with Crippen molar-refractivity contribution in [3.63, 3.8) is 0 Å². The second-order valence-corrected chi connectivity index (χ2v) is 4.54. The first kappa shape index (κ1) is 10.5. The highest BCUT2D eigenvalue weighted by Crippen LogP contribution is 2.21. The molecule has 1 atom stereocenters. The van der Waals surface area contributed by atoms with Gasteiger partial charge in [-0.05, 0) is 31.5 Å². The van der Waals surface area contributed by atoms with Crippen LogP contribution in [0.2, 0.25) is 0 Å². The number of nitrogens with zero attached hydrogens (tertiary/aromatic N) is 2. The molecule has 1 aliphatic rings. The van der Waals surface area contributed by atoms with E-state index < -0.39 is 0 Å². The fraction of sp³-hybridized carbons (Fsp3) is 0.385. The van der Waals surface area contributed by atoms with E-state index in [1.165, 1.54) is 0 Å². The van der Waals surface area contributed by atoms with Crippen molar-refractivity contribution in [3.8, 4) is 0 Å². The smallest absolute Gasteiger partial charge is 0.181 e. The van der Waals surface area contributed by atoms with E-state index in [1.807, 2.05) is 29.9 Å². The van der Waals surface area contributed by atoms with Gasteiger partial charge in [-0.1, -0.05) is 0 Å². The summed E-state index contributed by atoms with van der Waals surface area (Å²) in [4.78, 5) is 16.7. The molecule has 4 nitrogen and oxygen atoms in total. The van der Waals surface area contributed by atoms with E-state index >= 15 is 0 Å². The summed E-state index contributed by atoms with van der Waals surface area (Å²) in [6, 6.07) is 3.83. The summed E-state index contributed by atoms with van der Waals surface area (Å²) in [6.45, 7) is 0.944. The SMILES string of the molecule is Cn1cc(C(=O)C2CCCN2)c2cccnc21. The van der Waals surface area contributed by atoms with E-state index in [1.54, 1.807) is 6.20 Å². The largest absolute Gasteiger partial charge is 0.335 e. The van der Waals surface area contributed by atoms with E-state index in [-0.39, 0.29) is 11.8 Å². The van der Waals surface area contributed by atoms with Gasteiger partial charge in [-0.2, -0.15) is 0 Å². The fourth-order valence-electron chi connectivity index (χ4n) is 2.50. The van der Waals surface area contributed by atoms with Gasteiger partial charge in [0.1, 0.15) is 5.65 Å². The Bertz CT molecular complexity index is 567. The molecule has 0 aromatic carbocycles. The van der Waals surface area contributed by atoms with Crippen LogP contribution >= 0.6 is 0 Å². The first-order valence-corrected chi connectivity index (χ1v) is 5.95. The summed E-state index contributed by atoms with van der Waals surface area (Å²) in [5.41, 5.74) is 1.66. The number of Topliss-reactive ketones (excluding diaryl/α,β-unsaturated/α-hetero) is 1. The van der Waals surface area contributed by atoms with Crippen LogP contribution in [0.4, 0.5) is 0 Å². The molecule has 3 heterocycles. The zero-order valence-electron chi connectivity index (χ0n) is 9.81. The molecule has 1 unspecified atom stereocenters. The van der Waals surface area contributed by atoms with Crippen LogP contribution in [0.1, 0.15) is 23.2 Å². The van der Waals surface area contributed by atoms with Crippen molar-refractivity contribution in [1.29, 1.82) is 0 Å². The highest BCUT2D eigenvalue weighted by atomic mass is 16.1. The number of hydrogen-bond acceptors (Lipinski definition) is 3. The lowest BCUT2D eigenvalue weighted by Gasteiger charge is -2.07. The molecule has 1 N–H and O–H groups in total. The molecule has 0 bridgehead atoms. The Morgan fingerprint density at radius 3 is 3.24 bits per heavy atom. The van der Waals surface area contributed by atoms with Gasteiger partial charge in [0.2, 0.25) is 0 Å². The summed E-state index contributed by atoms with van der Waals surface area (Å²) >= 11 is 0. The van der Waals surface area contributed by atoms with Crippen LogP contribution in [0, 0.1) is 0 Å². The van der Waals surface area contributed by atoms with Gasteiger partial charge in [-0.3, -0.25) is 4.79 Å². The molecule has 1 fully saturated rings. The maximum absolute atomic E-state index is 12.4. The average molecular weight is 229 g/mol. The van der Waals surface area contributed by atoms with Crippen molar-refractivity contribution in [1.82, 2.24) is 14.9 Å². The highest BCUT2D eigenvalue weighted by Gasteiger charge is 2.25. The lowest BCUT2D eigenvalue weighted by Crippen LogP contribution is -2.30. The molecule has 17 heavy (non-hydrogen) atoms. The predicted molar refractivity (Wildman–Crippen MR) is 66.1 cm³/mol. The Morgan fingerprint density at radius 1 is 1.59 bits per heavy atom. The Hall–Kier alpha value is -1.68. The topological polar surface area (TPSA) is 46.9 Å². The fourth-order valence-corrected chi connectivity index (χ4v) is 2.50. The summed E-state index contributed by atoms with van der Waals surface area (Å²) in [7, 11) is 1.92. The Kier molecular flexibility index (Phi) is 2.44. The number of fused-ring (bicyclic) bond motifs is 1. The molecule has 0 saturated carbocycles. The van der Waals surface area contributed by atoms with Crippen molar-refractivity contribution < 1.29 is 4.79 Å². The lowest BCUT2D eigenvalue weighted by atomic mass is 10.0. The van der Waals surface area contributed by atoms with Gasteiger partial charge in [-0.15, -0.1) is 0 Å². The summed E-state index contributed by atoms with van der Waals surface area (Å²) in [5.74, 6) is 0.195. The van der Waals surface area contributed by atoms with Crippen LogP contribution in [0.25, 0.3) is 11.0 Å². The van der Waals surface area contributed by atoms with Gasteiger partial charge < -0.3 is 9.88 Å². The van der Waals surface area contributed by atoms with Gasteiger partial charge in [0.25, 0.3) is 0 Å².